The molecule has 3 atom stereocenters. The number of nitrogens with zero attached hydrogens (tertiary/aromatic N) is 1. The Hall–Kier alpha value is -2.94. The van der Waals surface area contributed by atoms with Crippen LogP contribution >= 0.6 is 0 Å². The number of hydrogen-bond acceptors (Lipinski definition) is 6. The summed E-state index contributed by atoms with van der Waals surface area (Å²) in [7, 11) is 1.38. The Morgan fingerprint density at radius 3 is 2.17 bits per heavy atom. The predicted molar refractivity (Wildman–Crippen MR) is 125 cm³/mol. The lowest BCUT2D eigenvalue weighted by atomic mass is 9.49. The number of aliphatic hydroxyl groups is 1. The second-order valence-corrected chi connectivity index (χ2v) is 10.9. The van der Waals surface area contributed by atoms with Gasteiger partial charge in [0.1, 0.15) is 6.04 Å². The first-order valence-corrected chi connectivity index (χ1v) is 12.5. The quantitative estimate of drug-likeness (QED) is 0.550. The average molecular weight is 484 g/mol. The summed E-state index contributed by atoms with van der Waals surface area (Å²) in [6, 6.07) is 6.73. The third-order valence-electron chi connectivity index (χ3n) is 8.34. The van der Waals surface area contributed by atoms with Crippen LogP contribution in [-0.2, 0) is 19.1 Å². The zero-order valence-electron chi connectivity index (χ0n) is 19.9. The molecular formula is C26H33N3O6. The lowest BCUT2D eigenvalue weighted by Crippen LogP contribution is -2.56. The van der Waals surface area contributed by atoms with Crippen molar-refractivity contribution >= 4 is 23.8 Å². The van der Waals surface area contributed by atoms with Gasteiger partial charge in [0.15, 0.2) is 0 Å². The molecule has 1 aromatic carbocycles. The number of likely N-dealkylation sites (tertiary alicyclic amines) is 1. The van der Waals surface area contributed by atoms with Crippen LogP contribution in [0, 0.1) is 23.2 Å². The molecule has 1 heterocycles. The smallest absolute Gasteiger partial charge is 0.330 e. The first-order valence-electron chi connectivity index (χ1n) is 12.5. The molecule has 5 aliphatic rings. The second kappa shape index (κ2) is 9.26. The molecule has 2 unspecified atom stereocenters. The van der Waals surface area contributed by atoms with E-state index in [-0.39, 0.29) is 18.9 Å². The van der Waals surface area contributed by atoms with E-state index in [0.29, 0.717) is 23.3 Å². The van der Waals surface area contributed by atoms with Crippen LogP contribution in [-0.4, -0.2) is 59.6 Å². The fourth-order valence-electron chi connectivity index (χ4n) is 7.27. The summed E-state index contributed by atoms with van der Waals surface area (Å²) >= 11 is 0. The number of nitrogens with one attached hydrogen (secondary N) is 2. The van der Waals surface area contributed by atoms with Gasteiger partial charge in [0.25, 0.3) is 5.91 Å². The lowest BCUT2D eigenvalue weighted by molar-refractivity contribution is -0.169. The molecule has 1 saturated heterocycles. The van der Waals surface area contributed by atoms with Gasteiger partial charge < -0.3 is 20.1 Å². The van der Waals surface area contributed by atoms with E-state index in [1.54, 1.807) is 30.3 Å². The highest BCUT2D eigenvalue weighted by molar-refractivity contribution is 5.98. The Kier molecular flexibility index (Phi) is 6.29. The van der Waals surface area contributed by atoms with Crippen LogP contribution in [0.25, 0.3) is 0 Å². The summed E-state index contributed by atoms with van der Waals surface area (Å²) in [6.07, 6.45) is 4.01. The molecular weight excluding hydrogens is 450 g/mol. The molecule has 4 saturated carbocycles. The number of β-amino-alcohol motifs (C(OH)–C–C–N with tert-alkyl or cyclic N) is 1. The van der Waals surface area contributed by atoms with Gasteiger partial charge in [-0.25, -0.2) is 9.59 Å². The number of urea groups is 1. The Bertz CT molecular complexity index is 976. The van der Waals surface area contributed by atoms with Crippen molar-refractivity contribution in [2.24, 2.45) is 23.2 Å². The summed E-state index contributed by atoms with van der Waals surface area (Å²) in [5.74, 6) is 0.111. The average Bonchev–Trinajstić information content (AvgIpc) is 3.23. The van der Waals surface area contributed by atoms with Crippen LogP contribution in [0.5, 0.6) is 0 Å². The summed E-state index contributed by atoms with van der Waals surface area (Å²) < 4.78 is 5.64. The molecule has 4 amide bonds. The van der Waals surface area contributed by atoms with Crippen molar-refractivity contribution in [3.8, 4) is 0 Å². The summed E-state index contributed by atoms with van der Waals surface area (Å²) in [6.45, 7) is 0.0841. The molecule has 5 fully saturated rings. The van der Waals surface area contributed by atoms with Gasteiger partial charge in [-0.2, -0.15) is 0 Å². The van der Waals surface area contributed by atoms with Crippen molar-refractivity contribution in [3.05, 3.63) is 35.9 Å². The first kappa shape index (κ1) is 23.8. The third-order valence-corrected chi connectivity index (χ3v) is 8.34. The van der Waals surface area contributed by atoms with E-state index >= 15 is 0 Å². The number of carbonyl (C=O) groups excluding carboxylic acids is 4. The zero-order valence-corrected chi connectivity index (χ0v) is 19.9. The van der Waals surface area contributed by atoms with Crippen LogP contribution in [0.4, 0.5) is 4.79 Å². The molecule has 9 heteroatoms. The molecule has 188 valence electrons. The molecule has 0 aromatic heterocycles. The molecule has 4 bridgehead atoms. The minimum atomic E-state index is -1.37. The SMILES string of the molecule is CNC(=O)NC(=O)C(OC(=O)[C@@H]1CC(O)CN1C(=O)C12CC3CC(CC(C3)C1)C2)c1ccccc1. The maximum Gasteiger partial charge on any atom is 0.330 e. The number of amides is 4. The van der Waals surface area contributed by atoms with Gasteiger partial charge in [-0.1, -0.05) is 30.3 Å². The number of carbonyl (C=O) groups is 4. The molecule has 9 nitrogen and oxygen atoms in total. The number of aliphatic hydroxyl groups excluding tert-OH is 1. The zero-order chi connectivity index (χ0) is 24.7. The van der Waals surface area contributed by atoms with E-state index in [0.717, 1.165) is 19.3 Å². The summed E-state index contributed by atoms with van der Waals surface area (Å²) in [5.41, 5.74) is -0.0491. The summed E-state index contributed by atoms with van der Waals surface area (Å²) in [4.78, 5) is 53.3. The van der Waals surface area contributed by atoms with Crippen LogP contribution in [0.3, 0.4) is 0 Å². The van der Waals surface area contributed by atoms with E-state index in [2.05, 4.69) is 10.6 Å². The second-order valence-electron chi connectivity index (χ2n) is 10.9. The number of esters is 1. The van der Waals surface area contributed by atoms with Crippen molar-refractivity contribution in [2.75, 3.05) is 13.6 Å². The number of ether oxygens (including phenoxy) is 1. The van der Waals surface area contributed by atoms with Gasteiger partial charge in [-0.05, 0) is 56.3 Å². The third kappa shape index (κ3) is 4.53. The maximum atomic E-state index is 13.9. The molecule has 0 spiro atoms. The standard InChI is InChI=1S/C26H33N3O6/c1-27-25(34)28-22(31)21(18-5-3-2-4-6-18)35-23(32)20-10-19(30)14-29(20)24(33)26-11-15-7-16(12-26)9-17(8-15)13-26/h2-6,15-17,19-21,30H,7-14H2,1H3,(H2,27,28,31,34)/t15?,16?,17?,19?,20-,21?,26?/m0/s1. The lowest BCUT2D eigenvalue weighted by Gasteiger charge is -2.56. The van der Waals surface area contributed by atoms with Crippen LogP contribution in [0.15, 0.2) is 30.3 Å². The number of hydrogen-bond donors (Lipinski definition) is 3. The van der Waals surface area contributed by atoms with E-state index in [1.807, 2.05) is 0 Å². The van der Waals surface area contributed by atoms with E-state index in [9.17, 15) is 24.3 Å². The van der Waals surface area contributed by atoms with Crippen molar-refractivity contribution in [1.29, 1.82) is 0 Å². The van der Waals surface area contributed by atoms with Crippen LogP contribution in [0.1, 0.15) is 56.6 Å². The Labute approximate surface area is 204 Å². The Balaban J connectivity index is 1.35. The topological polar surface area (TPSA) is 125 Å². The normalized spacial score (nSPS) is 33.8. The first-order chi connectivity index (χ1) is 16.8. The fraction of sp³-hybridized carbons (Fsp3) is 0.615. The Morgan fingerprint density at radius 2 is 1.60 bits per heavy atom. The van der Waals surface area contributed by atoms with Crippen LogP contribution < -0.4 is 10.6 Å². The number of benzene rings is 1. The molecule has 3 N–H and O–H groups in total. The van der Waals surface area contributed by atoms with Crippen molar-refractivity contribution in [1.82, 2.24) is 15.5 Å². The number of imide groups is 1. The van der Waals surface area contributed by atoms with Gasteiger partial charge in [0, 0.05) is 25.6 Å². The maximum absolute atomic E-state index is 13.9. The van der Waals surface area contributed by atoms with Gasteiger partial charge in [-0.3, -0.25) is 14.9 Å². The van der Waals surface area contributed by atoms with Gasteiger partial charge >= 0.3 is 12.0 Å². The highest BCUT2D eigenvalue weighted by Gasteiger charge is 2.57. The highest BCUT2D eigenvalue weighted by Crippen LogP contribution is 2.60. The van der Waals surface area contributed by atoms with Crippen molar-refractivity contribution in [2.45, 2.75) is 63.2 Å². The largest absolute Gasteiger partial charge is 0.446 e. The van der Waals surface area contributed by atoms with Crippen molar-refractivity contribution < 1.29 is 29.0 Å². The van der Waals surface area contributed by atoms with Crippen molar-refractivity contribution in [3.63, 3.8) is 0 Å². The molecule has 1 aromatic rings. The highest BCUT2D eigenvalue weighted by atomic mass is 16.6. The monoisotopic (exact) mass is 483 g/mol. The minimum Gasteiger partial charge on any atom is -0.446 e. The molecule has 1 aliphatic heterocycles. The van der Waals surface area contributed by atoms with Crippen LogP contribution in [0.2, 0.25) is 0 Å². The van der Waals surface area contributed by atoms with Gasteiger partial charge in [0.05, 0.1) is 11.5 Å². The van der Waals surface area contributed by atoms with E-state index in [4.69, 9.17) is 4.74 Å². The Morgan fingerprint density at radius 1 is 1.00 bits per heavy atom. The van der Waals surface area contributed by atoms with E-state index < -0.39 is 41.6 Å². The van der Waals surface area contributed by atoms with Gasteiger partial charge in [0.2, 0.25) is 12.0 Å². The molecule has 4 aliphatic carbocycles. The summed E-state index contributed by atoms with van der Waals surface area (Å²) in [5, 5.41) is 14.9. The molecule has 0 radical (unpaired) electrons. The van der Waals surface area contributed by atoms with Gasteiger partial charge in [-0.15, -0.1) is 0 Å². The van der Waals surface area contributed by atoms with E-state index in [1.165, 1.54) is 31.2 Å². The fourth-order valence-corrected chi connectivity index (χ4v) is 7.27. The molecule has 6 rings (SSSR count). The number of rotatable bonds is 5. The predicted octanol–water partition coefficient (Wildman–Crippen LogP) is 1.90. The minimum absolute atomic E-state index is 0.0545. The molecule has 35 heavy (non-hydrogen) atoms.